The Balaban J connectivity index is 1.63. The van der Waals surface area contributed by atoms with Crippen molar-refractivity contribution in [2.24, 2.45) is 0 Å². The quantitative estimate of drug-likeness (QED) is 0.762. The molecule has 5 heteroatoms. The molecule has 2 aromatic carbocycles. The van der Waals surface area contributed by atoms with Crippen molar-refractivity contribution < 1.29 is 4.79 Å². The summed E-state index contributed by atoms with van der Waals surface area (Å²) in [4.78, 5) is 17.1. The molecule has 4 rings (SSSR count). The first-order valence-corrected chi connectivity index (χ1v) is 8.09. The summed E-state index contributed by atoms with van der Waals surface area (Å²) >= 11 is 0. The molecule has 0 radical (unpaired) electrons. The van der Waals surface area contributed by atoms with E-state index in [0.717, 1.165) is 48.0 Å². The van der Waals surface area contributed by atoms with Crippen LogP contribution in [0.1, 0.15) is 12.2 Å². The van der Waals surface area contributed by atoms with Gasteiger partial charge in [-0.25, -0.2) is 9.78 Å². The van der Waals surface area contributed by atoms with Gasteiger partial charge in [0.1, 0.15) is 17.3 Å². The lowest BCUT2D eigenvalue weighted by molar-refractivity contribution is 0.262. The highest BCUT2D eigenvalue weighted by atomic mass is 16.2. The highest BCUT2D eigenvalue weighted by molar-refractivity contribution is 6.01. The van der Waals surface area contributed by atoms with Crippen molar-refractivity contribution in [1.29, 1.82) is 0 Å². The number of anilines is 2. The summed E-state index contributed by atoms with van der Waals surface area (Å²) in [5, 5.41) is 5.85. The maximum Gasteiger partial charge on any atom is 0.324 e. The zero-order chi connectivity index (χ0) is 16.4. The minimum absolute atomic E-state index is 0.256. The number of carbonyl (C=O) groups is 1. The number of para-hydroxylation sites is 1. The highest BCUT2D eigenvalue weighted by Gasteiger charge is 2.23. The molecule has 2 N–H and O–H groups in total. The Morgan fingerprint density at radius 3 is 2.42 bits per heavy atom. The van der Waals surface area contributed by atoms with Crippen LogP contribution in [0.4, 0.5) is 16.3 Å². The zero-order valence-corrected chi connectivity index (χ0v) is 13.2. The van der Waals surface area contributed by atoms with Gasteiger partial charge in [-0.2, -0.15) is 0 Å². The van der Waals surface area contributed by atoms with E-state index >= 15 is 0 Å². The third kappa shape index (κ3) is 2.76. The summed E-state index contributed by atoms with van der Waals surface area (Å²) in [6.45, 7) is 0.885. The summed E-state index contributed by atoms with van der Waals surface area (Å²) in [6.07, 6.45) is 2.01. The molecule has 0 bridgehead atoms. The number of urea groups is 1. The van der Waals surface area contributed by atoms with Crippen molar-refractivity contribution in [2.75, 3.05) is 10.6 Å². The minimum Gasteiger partial charge on any atom is -0.314 e. The standard InChI is InChI=1S/C19H18N4O/c24-19(20-15-10-5-2-6-11-15)22-18-17(14-8-3-1-4-9-14)21-16-12-7-13-23(16)18/h1-6,8-11H,7,12-13H2,(H2,20,22,24). The molecule has 2 amide bonds. The molecule has 0 aliphatic carbocycles. The molecule has 2 heterocycles. The molecule has 1 aromatic heterocycles. The van der Waals surface area contributed by atoms with Gasteiger partial charge >= 0.3 is 6.03 Å². The molecule has 0 saturated heterocycles. The Hall–Kier alpha value is -3.08. The Morgan fingerprint density at radius 2 is 1.67 bits per heavy atom. The molecule has 5 nitrogen and oxygen atoms in total. The Kier molecular flexibility index (Phi) is 3.75. The van der Waals surface area contributed by atoms with Gasteiger partial charge in [-0.1, -0.05) is 48.5 Å². The molecule has 0 atom stereocenters. The molecule has 1 aliphatic rings. The lowest BCUT2D eigenvalue weighted by Gasteiger charge is -2.11. The predicted octanol–water partition coefficient (Wildman–Crippen LogP) is 4.14. The molecule has 0 saturated carbocycles. The van der Waals surface area contributed by atoms with E-state index in [-0.39, 0.29) is 6.03 Å². The number of imidazole rings is 1. The maximum absolute atomic E-state index is 12.4. The molecular weight excluding hydrogens is 300 g/mol. The number of hydrogen-bond acceptors (Lipinski definition) is 2. The normalized spacial score (nSPS) is 12.7. The van der Waals surface area contributed by atoms with Gasteiger partial charge in [0.2, 0.25) is 0 Å². The molecule has 1 aliphatic heterocycles. The fourth-order valence-corrected chi connectivity index (χ4v) is 3.04. The number of amides is 2. The van der Waals surface area contributed by atoms with E-state index in [2.05, 4.69) is 15.2 Å². The van der Waals surface area contributed by atoms with Gasteiger partial charge in [0.05, 0.1) is 0 Å². The van der Waals surface area contributed by atoms with E-state index in [1.807, 2.05) is 60.7 Å². The molecule has 0 spiro atoms. The Labute approximate surface area is 140 Å². The van der Waals surface area contributed by atoms with Gasteiger partial charge in [0.25, 0.3) is 0 Å². The zero-order valence-electron chi connectivity index (χ0n) is 13.2. The van der Waals surface area contributed by atoms with Crippen LogP contribution in [-0.2, 0) is 13.0 Å². The number of rotatable bonds is 3. The number of nitrogens with one attached hydrogen (secondary N) is 2. The second-order valence-corrected chi connectivity index (χ2v) is 5.79. The largest absolute Gasteiger partial charge is 0.324 e. The summed E-state index contributed by atoms with van der Waals surface area (Å²) in [6, 6.07) is 19.1. The highest BCUT2D eigenvalue weighted by Crippen LogP contribution is 2.32. The number of hydrogen-bond donors (Lipinski definition) is 2. The molecule has 120 valence electrons. The van der Waals surface area contributed by atoms with Crippen LogP contribution >= 0.6 is 0 Å². The van der Waals surface area contributed by atoms with Gasteiger partial charge < -0.3 is 9.88 Å². The SMILES string of the molecule is O=C(Nc1ccccc1)Nc1c(-c2ccccc2)nc2n1CCC2. The number of aromatic nitrogens is 2. The first-order chi connectivity index (χ1) is 11.8. The number of nitrogens with zero attached hydrogens (tertiary/aromatic N) is 2. The van der Waals surface area contributed by atoms with Crippen LogP contribution < -0.4 is 10.6 Å². The first kappa shape index (κ1) is 14.5. The van der Waals surface area contributed by atoms with Crippen molar-refractivity contribution >= 4 is 17.5 Å². The molecule has 3 aromatic rings. The van der Waals surface area contributed by atoms with Crippen molar-refractivity contribution in [1.82, 2.24) is 9.55 Å². The summed E-state index contributed by atoms with van der Waals surface area (Å²) in [7, 11) is 0. The summed E-state index contributed by atoms with van der Waals surface area (Å²) in [5.41, 5.74) is 2.60. The smallest absolute Gasteiger partial charge is 0.314 e. The fraction of sp³-hybridized carbons (Fsp3) is 0.158. The van der Waals surface area contributed by atoms with Gasteiger partial charge in [0.15, 0.2) is 0 Å². The topological polar surface area (TPSA) is 59.0 Å². The lowest BCUT2D eigenvalue weighted by atomic mass is 10.1. The van der Waals surface area contributed by atoms with E-state index < -0.39 is 0 Å². The average Bonchev–Trinajstić information content (AvgIpc) is 3.19. The van der Waals surface area contributed by atoms with Gasteiger partial charge in [-0.05, 0) is 18.6 Å². The number of benzene rings is 2. The number of aryl methyl sites for hydroxylation is 1. The number of carbonyl (C=O) groups excluding carboxylic acids is 1. The van der Waals surface area contributed by atoms with E-state index in [0.29, 0.717) is 0 Å². The fourth-order valence-electron chi connectivity index (χ4n) is 3.04. The summed E-state index contributed by atoms with van der Waals surface area (Å²) < 4.78 is 2.10. The predicted molar refractivity (Wildman–Crippen MR) is 95.1 cm³/mol. The third-order valence-corrected chi connectivity index (χ3v) is 4.14. The monoisotopic (exact) mass is 318 g/mol. The van der Waals surface area contributed by atoms with Gasteiger partial charge in [0, 0.05) is 24.2 Å². The molecule has 0 fully saturated rings. The van der Waals surface area contributed by atoms with Crippen molar-refractivity contribution in [3.63, 3.8) is 0 Å². The second-order valence-electron chi connectivity index (χ2n) is 5.79. The van der Waals surface area contributed by atoms with E-state index in [1.165, 1.54) is 0 Å². The van der Waals surface area contributed by atoms with Crippen molar-refractivity contribution in [2.45, 2.75) is 19.4 Å². The van der Waals surface area contributed by atoms with Crippen LogP contribution in [0.3, 0.4) is 0 Å². The van der Waals surface area contributed by atoms with Crippen LogP contribution in [-0.4, -0.2) is 15.6 Å². The van der Waals surface area contributed by atoms with E-state index in [1.54, 1.807) is 0 Å². The van der Waals surface area contributed by atoms with Crippen LogP contribution in [0.15, 0.2) is 60.7 Å². The van der Waals surface area contributed by atoms with Gasteiger partial charge in [-0.15, -0.1) is 0 Å². The van der Waals surface area contributed by atoms with E-state index in [9.17, 15) is 4.79 Å². The molecule has 24 heavy (non-hydrogen) atoms. The Bertz CT molecular complexity index is 856. The molecular formula is C19H18N4O. The van der Waals surface area contributed by atoms with Crippen LogP contribution in [0.5, 0.6) is 0 Å². The lowest BCUT2D eigenvalue weighted by Crippen LogP contribution is -2.21. The third-order valence-electron chi connectivity index (χ3n) is 4.14. The minimum atomic E-state index is -0.256. The summed E-state index contributed by atoms with van der Waals surface area (Å²) in [5.74, 6) is 1.80. The number of fused-ring (bicyclic) bond motifs is 1. The second kappa shape index (κ2) is 6.20. The average molecular weight is 318 g/mol. The first-order valence-electron chi connectivity index (χ1n) is 8.09. The van der Waals surface area contributed by atoms with Crippen molar-refractivity contribution in [3.05, 3.63) is 66.5 Å². The van der Waals surface area contributed by atoms with Crippen LogP contribution in [0.25, 0.3) is 11.3 Å². The van der Waals surface area contributed by atoms with Gasteiger partial charge in [-0.3, -0.25) is 5.32 Å². The van der Waals surface area contributed by atoms with Crippen LogP contribution in [0.2, 0.25) is 0 Å². The maximum atomic E-state index is 12.4. The molecule has 0 unspecified atom stereocenters. The Morgan fingerprint density at radius 1 is 0.958 bits per heavy atom. The van der Waals surface area contributed by atoms with Crippen LogP contribution in [0, 0.1) is 0 Å². The van der Waals surface area contributed by atoms with Crippen molar-refractivity contribution in [3.8, 4) is 11.3 Å². The van der Waals surface area contributed by atoms with E-state index in [4.69, 9.17) is 4.98 Å².